The zero-order chi connectivity index (χ0) is 14.0. The van der Waals surface area contributed by atoms with Crippen LogP contribution < -0.4 is 5.73 Å². The quantitative estimate of drug-likeness (QED) is 0.815. The summed E-state index contributed by atoms with van der Waals surface area (Å²) in [5, 5.41) is 3.91. The highest BCUT2D eigenvalue weighted by molar-refractivity contribution is 5.97. The predicted octanol–water partition coefficient (Wildman–Crippen LogP) is -0.230. The Hall–Kier alpha value is -1.89. The molecule has 1 aromatic rings. The smallest absolute Gasteiger partial charge is 0.271 e. The van der Waals surface area contributed by atoms with Gasteiger partial charge in [-0.3, -0.25) is 14.3 Å². The Morgan fingerprint density at radius 2 is 2.37 bits per heavy atom. The normalized spacial score (nSPS) is 18.5. The molecule has 104 valence electrons. The number of aromatic nitrogens is 2. The van der Waals surface area contributed by atoms with Crippen LogP contribution in [-0.2, 0) is 11.8 Å². The molecule has 1 aromatic heterocycles. The minimum absolute atomic E-state index is 0.0939. The molecule has 0 aromatic carbocycles. The number of carbonyl (C=O) groups is 2. The summed E-state index contributed by atoms with van der Waals surface area (Å²) >= 11 is 0. The van der Waals surface area contributed by atoms with E-state index >= 15 is 0 Å². The molecule has 19 heavy (non-hydrogen) atoms. The van der Waals surface area contributed by atoms with Crippen LogP contribution in [0.3, 0.4) is 0 Å². The molecule has 7 heteroatoms. The lowest BCUT2D eigenvalue weighted by atomic mass is 10.2. The lowest BCUT2D eigenvalue weighted by Gasteiger charge is -2.20. The standard InChI is InChI=1S/C12H18N4O3/c1-15(7-8-4-3-5-19-8)12(18)10-6-9(11(13)17)14-16(10)2/h6,8H,3-5,7H2,1-2H3,(H2,13,17). The van der Waals surface area contributed by atoms with Gasteiger partial charge in [0.2, 0.25) is 0 Å². The minimum atomic E-state index is -0.642. The molecule has 0 radical (unpaired) electrons. The van der Waals surface area contributed by atoms with E-state index in [-0.39, 0.29) is 17.7 Å². The third kappa shape index (κ3) is 2.93. The minimum Gasteiger partial charge on any atom is -0.376 e. The second kappa shape index (κ2) is 5.40. The van der Waals surface area contributed by atoms with Crippen LogP contribution in [0.2, 0.25) is 0 Å². The molecule has 7 nitrogen and oxygen atoms in total. The first-order chi connectivity index (χ1) is 8.99. The molecule has 1 atom stereocenters. The Balaban J connectivity index is 2.07. The van der Waals surface area contributed by atoms with E-state index in [1.807, 2.05) is 0 Å². The predicted molar refractivity (Wildman–Crippen MR) is 67.7 cm³/mol. The van der Waals surface area contributed by atoms with Crippen LogP contribution in [0.15, 0.2) is 6.07 Å². The van der Waals surface area contributed by atoms with Crippen molar-refractivity contribution >= 4 is 11.8 Å². The van der Waals surface area contributed by atoms with Crippen LogP contribution in [0.5, 0.6) is 0 Å². The van der Waals surface area contributed by atoms with Crippen molar-refractivity contribution in [3.8, 4) is 0 Å². The summed E-state index contributed by atoms with van der Waals surface area (Å²) in [5.41, 5.74) is 5.58. The van der Waals surface area contributed by atoms with Gasteiger partial charge in [0.1, 0.15) is 5.69 Å². The average molecular weight is 266 g/mol. The summed E-state index contributed by atoms with van der Waals surface area (Å²) in [6, 6.07) is 1.41. The van der Waals surface area contributed by atoms with Crippen molar-refractivity contribution in [2.24, 2.45) is 12.8 Å². The van der Waals surface area contributed by atoms with Crippen molar-refractivity contribution in [3.63, 3.8) is 0 Å². The summed E-state index contributed by atoms with van der Waals surface area (Å²) < 4.78 is 6.86. The lowest BCUT2D eigenvalue weighted by molar-refractivity contribution is 0.0579. The van der Waals surface area contributed by atoms with Gasteiger partial charge in [-0.2, -0.15) is 5.10 Å². The fourth-order valence-corrected chi connectivity index (χ4v) is 2.16. The Kier molecular flexibility index (Phi) is 3.84. The second-order valence-corrected chi connectivity index (χ2v) is 4.72. The molecular weight excluding hydrogens is 248 g/mol. The number of nitrogens with two attached hydrogens (primary N) is 1. The van der Waals surface area contributed by atoms with Gasteiger partial charge < -0.3 is 15.4 Å². The molecule has 2 heterocycles. The number of likely N-dealkylation sites (N-methyl/N-ethyl adjacent to an activating group) is 1. The molecule has 1 unspecified atom stereocenters. The van der Waals surface area contributed by atoms with E-state index in [1.54, 1.807) is 19.0 Å². The van der Waals surface area contributed by atoms with Crippen LogP contribution in [0, 0.1) is 0 Å². The monoisotopic (exact) mass is 266 g/mol. The molecule has 0 bridgehead atoms. The number of rotatable bonds is 4. The second-order valence-electron chi connectivity index (χ2n) is 4.72. The number of aryl methyl sites for hydroxylation is 1. The van der Waals surface area contributed by atoms with E-state index < -0.39 is 5.91 Å². The third-order valence-electron chi connectivity index (χ3n) is 3.20. The SMILES string of the molecule is CN(CC1CCCO1)C(=O)c1cc(C(N)=O)nn1C. The molecule has 1 aliphatic rings. The highest BCUT2D eigenvalue weighted by Crippen LogP contribution is 2.14. The molecule has 2 amide bonds. The number of hydrogen-bond acceptors (Lipinski definition) is 4. The van der Waals surface area contributed by atoms with Crippen molar-refractivity contribution in [2.75, 3.05) is 20.2 Å². The molecule has 0 spiro atoms. The highest BCUT2D eigenvalue weighted by Gasteiger charge is 2.23. The van der Waals surface area contributed by atoms with E-state index in [2.05, 4.69) is 5.10 Å². The first kappa shape index (κ1) is 13.5. The van der Waals surface area contributed by atoms with Crippen molar-refractivity contribution < 1.29 is 14.3 Å². The number of nitrogens with zero attached hydrogens (tertiary/aromatic N) is 3. The fourth-order valence-electron chi connectivity index (χ4n) is 2.16. The number of primary amides is 1. The Labute approximate surface area is 111 Å². The van der Waals surface area contributed by atoms with Gasteiger partial charge in [0, 0.05) is 33.3 Å². The maximum absolute atomic E-state index is 12.2. The van der Waals surface area contributed by atoms with E-state index in [0.717, 1.165) is 19.4 Å². The van der Waals surface area contributed by atoms with Crippen LogP contribution in [0.4, 0.5) is 0 Å². The zero-order valence-electron chi connectivity index (χ0n) is 11.1. The average Bonchev–Trinajstić information content (AvgIpc) is 2.97. The van der Waals surface area contributed by atoms with Gasteiger partial charge in [-0.1, -0.05) is 0 Å². The van der Waals surface area contributed by atoms with Gasteiger partial charge in [-0.25, -0.2) is 0 Å². The molecular formula is C12H18N4O3. The summed E-state index contributed by atoms with van der Waals surface area (Å²) in [4.78, 5) is 24.9. The van der Waals surface area contributed by atoms with Crippen molar-refractivity contribution in [1.29, 1.82) is 0 Å². The van der Waals surface area contributed by atoms with E-state index in [4.69, 9.17) is 10.5 Å². The lowest BCUT2D eigenvalue weighted by Crippen LogP contribution is -2.35. The van der Waals surface area contributed by atoms with Crippen molar-refractivity contribution in [1.82, 2.24) is 14.7 Å². The van der Waals surface area contributed by atoms with Crippen LogP contribution in [-0.4, -0.2) is 52.8 Å². The third-order valence-corrected chi connectivity index (χ3v) is 3.20. The van der Waals surface area contributed by atoms with Gasteiger partial charge in [0.15, 0.2) is 5.69 Å². The van der Waals surface area contributed by atoms with E-state index in [9.17, 15) is 9.59 Å². The molecule has 1 saturated heterocycles. The van der Waals surface area contributed by atoms with E-state index in [0.29, 0.717) is 12.2 Å². The van der Waals surface area contributed by atoms with Crippen LogP contribution >= 0.6 is 0 Å². The topological polar surface area (TPSA) is 90.4 Å². The molecule has 2 rings (SSSR count). The fraction of sp³-hybridized carbons (Fsp3) is 0.583. The van der Waals surface area contributed by atoms with Crippen molar-refractivity contribution in [3.05, 3.63) is 17.5 Å². The molecule has 2 N–H and O–H groups in total. The Morgan fingerprint density at radius 3 is 2.89 bits per heavy atom. The number of hydrogen-bond donors (Lipinski definition) is 1. The van der Waals surface area contributed by atoms with Crippen LogP contribution in [0.25, 0.3) is 0 Å². The van der Waals surface area contributed by atoms with Gasteiger partial charge in [-0.05, 0) is 12.8 Å². The van der Waals surface area contributed by atoms with Gasteiger partial charge >= 0.3 is 0 Å². The summed E-state index contributed by atoms with van der Waals surface area (Å²) in [6.45, 7) is 1.29. The highest BCUT2D eigenvalue weighted by atomic mass is 16.5. The van der Waals surface area contributed by atoms with E-state index in [1.165, 1.54) is 10.7 Å². The first-order valence-electron chi connectivity index (χ1n) is 6.20. The molecule has 0 aliphatic carbocycles. The van der Waals surface area contributed by atoms with Crippen LogP contribution in [0.1, 0.15) is 33.8 Å². The number of amides is 2. The first-order valence-corrected chi connectivity index (χ1v) is 6.20. The summed E-state index contributed by atoms with van der Waals surface area (Å²) in [7, 11) is 3.32. The van der Waals surface area contributed by atoms with Gasteiger partial charge in [0.25, 0.3) is 11.8 Å². The largest absolute Gasteiger partial charge is 0.376 e. The van der Waals surface area contributed by atoms with Crippen molar-refractivity contribution in [2.45, 2.75) is 18.9 Å². The molecule has 1 fully saturated rings. The number of ether oxygens (including phenoxy) is 1. The van der Waals surface area contributed by atoms with Gasteiger partial charge in [-0.15, -0.1) is 0 Å². The Morgan fingerprint density at radius 1 is 1.63 bits per heavy atom. The zero-order valence-corrected chi connectivity index (χ0v) is 11.1. The summed E-state index contributed by atoms with van der Waals surface area (Å²) in [5.74, 6) is -0.838. The molecule has 1 aliphatic heterocycles. The Bertz CT molecular complexity index is 491. The molecule has 0 saturated carbocycles. The maximum atomic E-state index is 12.2. The number of carbonyl (C=O) groups excluding carboxylic acids is 2. The maximum Gasteiger partial charge on any atom is 0.271 e. The summed E-state index contributed by atoms with van der Waals surface area (Å²) in [6.07, 6.45) is 2.09. The van der Waals surface area contributed by atoms with Gasteiger partial charge in [0.05, 0.1) is 6.10 Å².